The van der Waals surface area contributed by atoms with Crippen LogP contribution in [0.15, 0.2) is 18.2 Å². The van der Waals surface area contributed by atoms with Gasteiger partial charge >= 0.3 is 0 Å². The van der Waals surface area contributed by atoms with Gasteiger partial charge in [0.05, 0.1) is 6.10 Å². The summed E-state index contributed by atoms with van der Waals surface area (Å²) < 4.78 is 11.2. The van der Waals surface area contributed by atoms with E-state index in [1.54, 1.807) is 0 Å². The predicted molar refractivity (Wildman–Crippen MR) is 80.0 cm³/mol. The van der Waals surface area contributed by atoms with Gasteiger partial charge in [-0.3, -0.25) is 0 Å². The van der Waals surface area contributed by atoms with Gasteiger partial charge in [0.15, 0.2) is 0 Å². The number of hydrogen-bond donors (Lipinski definition) is 1. The summed E-state index contributed by atoms with van der Waals surface area (Å²) in [6.07, 6.45) is 1.37. The molecule has 0 aliphatic heterocycles. The monoisotopic (exact) mass is 265 g/mol. The van der Waals surface area contributed by atoms with Gasteiger partial charge in [-0.1, -0.05) is 17.7 Å². The van der Waals surface area contributed by atoms with E-state index in [0.29, 0.717) is 12.7 Å². The lowest BCUT2D eigenvalue weighted by molar-refractivity contribution is 0.0770. The smallest absolute Gasteiger partial charge is 0.122 e. The van der Waals surface area contributed by atoms with E-state index >= 15 is 0 Å². The van der Waals surface area contributed by atoms with E-state index in [-0.39, 0.29) is 0 Å². The molecule has 19 heavy (non-hydrogen) atoms. The van der Waals surface area contributed by atoms with Crippen LogP contribution >= 0.6 is 0 Å². The number of rotatable bonds is 9. The molecule has 0 fully saturated rings. The van der Waals surface area contributed by atoms with E-state index in [0.717, 1.165) is 31.9 Å². The van der Waals surface area contributed by atoms with Gasteiger partial charge in [0.25, 0.3) is 0 Å². The van der Waals surface area contributed by atoms with E-state index in [1.165, 1.54) is 11.1 Å². The Balaban J connectivity index is 2.04. The van der Waals surface area contributed by atoms with Crippen molar-refractivity contribution >= 4 is 0 Å². The average Bonchev–Trinajstić information content (AvgIpc) is 2.34. The summed E-state index contributed by atoms with van der Waals surface area (Å²) in [6, 6.07) is 6.27. The summed E-state index contributed by atoms with van der Waals surface area (Å²) in [7, 11) is 0. The Morgan fingerprint density at radius 3 is 2.58 bits per heavy atom. The molecule has 0 aliphatic carbocycles. The fourth-order valence-electron chi connectivity index (χ4n) is 1.84. The molecule has 1 rings (SSSR count). The van der Waals surface area contributed by atoms with Crippen molar-refractivity contribution in [2.24, 2.45) is 0 Å². The van der Waals surface area contributed by atoms with Crippen LogP contribution in [0.3, 0.4) is 0 Å². The highest BCUT2D eigenvalue weighted by Crippen LogP contribution is 2.18. The highest BCUT2D eigenvalue weighted by molar-refractivity contribution is 5.35. The molecule has 0 spiro atoms. The zero-order valence-electron chi connectivity index (χ0n) is 12.7. The summed E-state index contributed by atoms with van der Waals surface area (Å²) in [5.41, 5.74) is 2.47. The summed E-state index contributed by atoms with van der Waals surface area (Å²) in [5, 5.41) is 3.36. The average molecular weight is 265 g/mol. The third-order valence-electron chi connectivity index (χ3n) is 2.82. The number of benzene rings is 1. The van der Waals surface area contributed by atoms with Gasteiger partial charge < -0.3 is 14.8 Å². The maximum Gasteiger partial charge on any atom is 0.122 e. The Bertz CT molecular complexity index is 364. The highest BCUT2D eigenvalue weighted by atomic mass is 16.5. The summed E-state index contributed by atoms with van der Waals surface area (Å²) in [5.74, 6) is 0.982. The van der Waals surface area contributed by atoms with E-state index in [9.17, 15) is 0 Å². The molecule has 3 nitrogen and oxygen atoms in total. The lowest BCUT2D eigenvalue weighted by Gasteiger charge is -2.11. The third kappa shape index (κ3) is 7.19. The Kier molecular flexibility index (Phi) is 7.53. The molecule has 1 aromatic carbocycles. The molecule has 0 unspecified atom stereocenters. The van der Waals surface area contributed by atoms with Crippen LogP contribution in [-0.4, -0.2) is 32.4 Å². The first-order chi connectivity index (χ1) is 9.09. The van der Waals surface area contributed by atoms with Crippen molar-refractivity contribution in [1.29, 1.82) is 0 Å². The standard InChI is InChI=1S/C16H27NO2/c1-13(2)18-10-5-8-17-9-11-19-16-7-6-14(3)12-15(16)4/h6-7,12-13,17H,5,8-11H2,1-4H3. The molecule has 0 saturated heterocycles. The maximum atomic E-state index is 5.74. The predicted octanol–water partition coefficient (Wildman–Crippen LogP) is 3.09. The van der Waals surface area contributed by atoms with E-state index in [1.807, 2.05) is 6.07 Å². The van der Waals surface area contributed by atoms with Gasteiger partial charge in [-0.25, -0.2) is 0 Å². The fourth-order valence-corrected chi connectivity index (χ4v) is 1.84. The number of nitrogens with one attached hydrogen (secondary N) is 1. The third-order valence-corrected chi connectivity index (χ3v) is 2.82. The summed E-state index contributed by atoms with van der Waals surface area (Å²) in [4.78, 5) is 0. The van der Waals surface area contributed by atoms with Crippen LogP contribution in [0, 0.1) is 13.8 Å². The summed E-state index contributed by atoms with van der Waals surface area (Å²) in [6.45, 7) is 11.7. The zero-order valence-corrected chi connectivity index (χ0v) is 12.7. The molecule has 1 aromatic rings. The Morgan fingerprint density at radius 2 is 1.89 bits per heavy atom. The van der Waals surface area contributed by atoms with Crippen LogP contribution in [-0.2, 0) is 4.74 Å². The van der Waals surface area contributed by atoms with Crippen LogP contribution in [0.2, 0.25) is 0 Å². The van der Waals surface area contributed by atoms with E-state index in [2.05, 4.69) is 45.1 Å². The van der Waals surface area contributed by atoms with Crippen molar-refractivity contribution in [3.8, 4) is 5.75 Å². The maximum absolute atomic E-state index is 5.74. The van der Waals surface area contributed by atoms with E-state index < -0.39 is 0 Å². The number of aryl methyl sites for hydroxylation is 2. The molecule has 3 heteroatoms. The largest absolute Gasteiger partial charge is 0.492 e. The van der Waals surface area contributed by atoms with Crippen LogP contribution in [0.4, 0.5) is 0 Å². The van der Waals surface area contributed by atoms with Gasteiger partial charge in [0, 0.05) is 13.2 Å². The van der Waals surface area contributed by atoms with Crippen LogP contribution in [0.1, 0.15) is 31.4 Å². The molecule has 0 amide bonds. The van der Waals surface area contributed by atoms with Crippen LogP contribution < -0.4 is 10.1 Å². The van der Waals surface area contributed by atoms with Crippen molar-refractivity contribution < 1.29 is 9.47 Å². The van der Waals surface area contributed by atoms with Crippen LogP contribution in [0.5, 0.6) is 5.75 Å². The van der Waals surface area contributed by atoms with Crippen LogP contribution in [0.25, 0.3) is 0 Å². The van der Waals surface area contributed by atoms with Gasteiger partial charge in [-0.05, 0) is 52.3 Å². The zero-order chi connectivity index (χ0) is 14.1. The summed E-state index contributed by atoms with van der Waals surface area (Å²) >= 11 is 0. The van der Waals surface area contributed by atoms with Crippen molar-refractivity contribution in [3.05, 3.63) is 29.3 Å². The second-order valence-corrected chi connectivity index (χ2v) is 5.14. The quantitative estimate of drug-likeness (QED) is 0.696. The van der Waals surface area contributed by atoms with Gasteiger partial charge in [0.1, 0.15) is 12.4 Å². The van der Waals surface area contributed by atoms with Gasteiger partial charge in [0.2, 0.25) is 0 Å². The topological polar surface area (TPSA) is 30.5 Å². The molecule has 0 aromatic heterocycles. The molecule has 108 valence electrons. The Hall–Kier alpha value is -1.06. The second-order valence-electron chi connectivity index (χ2n) is 5.14. The normalized spacial score (nSPS) is 11.0. The van der Waals surface area contributed by atoms with E-state index in [4.69, 9.17) is 9.47 Å². The minimum absolute atomic E-state index is 0.327. The van der Waals surface area contributed by atoms with Crippen molar-refractivity contribution in [1.82, 2.24) is 5.32 Å². The Labute approximate surface area is 117 Å². The number of hydrogen-bond acceptors (Lipinski definition) is 3. The molecule has 0 bridgehead atoms. The molecule has 0 atom stereocenters. The first kappa shape index (κ1) is 16.0. The lowest BCUT2D eigenvalue weighted by atomic mass is 10.1. The van der Waals surface area contributed by atoms with Gasteiger partial charge in [-0.15, -0.1) is 0 Å². The minimum Gasteiger partial charge on any atom is -0.492 e. The molecule has 0 radical (unpaired) electrons. The molecule has 0 saturated carbocycles. The molecular weight excluding hydrogens is 238 g/mol. The second kappa shape index (κ2) is 8.94. The molecular formula is C16H27NO2. The van der Waals surface area contributed by atoms with Crippen molar-refractivity contribution in [3.63, 3.8) is 0 Å². The molecule has 1 N–H and O–H groups in total. The number of ether oxygens (including phenoxy) is 2. The fraction of sp³-hybridized carbons (Fsp3) is 0.625. The minimum atomic E-state index is 0.327. The van der Waals surface area contributed by atoms with Crippen molar-refractivity contribution in [2.75, 3.05) is 26.3 Å². The molecule has 0 aliphatic rings. The first-order valence-corrected chi connectivity index (χ1v) is 7.12. The first-order valence-electron chi connectivity index (χ1n) is 7.12. The lowest BCUT2D eigenvalue weighted by Crippen LogP contribution is -2.23. The SMILES string of the molecule is Cc1ccc(OCCNCCCOC(C)C)c(C)c1. The Morgan fingerprint density at radius 1 is 1.11 bits per heavy atom. The highest BCUT2D eigenvalue weighted by Gasteiger charge is 1.99. The van der Waals surface area contributed by atoms with Crippen molar-refractivity contribution in [2.45, 2.75) is 40.2 Å². The molecule has 0 heterocycles. The van der Waals surface area contributed by atoms with Gasteiger partial charge in [-0.2, -0.15) is 0 Å².